The molecule has 0 spiro atoms. The number of hydrogen-bond acceptors (Lipinski definition) is 3. The van der Waals surface area contributed by atoms with Crippen LogP contribution in [-0.4, -0.2) is 30.6 Å². The van der Waals surface area contributed by atoms with E-state index in [4.69, 9.17) is 9.84 Å². The summed E-state index contributed by atoms with van der Waals surface area (Å²) in [5.41, 5.74) is 0. The Hall–Kier alpha value is -0.900. The molecule has 12 heavy (non-hydrogen) atoms. The third-order valence-corrected chi connectivity index (χ3v) is 2.07. The van der Waals surface area contributed by atoms with E-state index in [0.717, 1.165) is 6.29 Å². The van der Waals surface area contributed by atoms with E-state index in [2.05, 4.69) is 0 Å². The van der Waals surface area contributed by atoms with E-state index in [0.29, 0.717) is 19.4 Å². The van der Waals surface area contributed by atoms with Gasteiger partial charge in [0.05, 0.1) is 12.5 Å². The van der Waals surface area contributed by atoms with E-state index in [1.165, 1.54) is 0 Å². The van der Waals surface area contributed by atoms with Crippen molar-refractivity contribution in [2.75, 3.05) is 13.2 Å². The second kappa shape index (κ2) is 4.21. The SMILES string of the molecule is O=CC[C@H]1COC[C@@H](C(=O)O)C1. The first-order valence-electron chi connectivity index (χ1n) is 3.98. The van der Waals surface area contributed by atoms with Gasteiger partial charge >= 0.3 is 5.97 Å². The molecular weight excluding hydrogens is 160 g/mol. The number of carbonyl (C=O) groups is 2. The van der Waals surface area contributed by atoms with Gasteiger partial charge in [0.1, 0.15) is 6.29 Å². The van der Waals surface area contributed by atoms with Gasteiger partial charge in [-0.1, -0.05) is 0 Å². The Labute approximate surface area is 70.5 Å². The zero-order valence-electron chi connectivity index (χ0n) is 6.73. The molecule has 0 aromatic carbocycles. The number of aldehydes is 1. The maximum Gasteiger partial charge on any atom is 0.308 e. The molecule has 1 N–H and O–H groups in total. The van der Waals surface area contributed by atoms with Gasteiger partial charge in [-0.2, -0.15) is 0 Å². The molecule has 2 atom stereocenters. The summed E-state index contributed by atoms with van der Waals surface area (Å²) in [7, 11) is 0. The van der Waals surface area contributed by atoms with Crippen LogP contribution in [0.1, 0.15) is 12.8 Å². The van der Waals surface area contributed by atoms with Gasteiger partial charge in [0.25, 0.3) is 0 Å². The van der Waals surface area contributed by atoms with Crippen molar-refractivity contribution in [1.29, 1.82) is 0 Å². The maximum absolute atomic E-state index is 10.5. The van der Waals surface area contributed by atoms with Crippen molar-refractivity contribution in [2.45, 2.75) is 12.8 Å². The normalized spacial score (nSPS) is 29.7. The predicted octanol–water partition coefficient (Wildman–Crippen LogP) is 0.313. The molecule has 0 amide bonds. The minimum atomic E-state index is -0.828. The molecule has 0 aromatic heterocycles. The fourth-order valence-corrected chi connectivity index (χ4v) is 1.39. The summed E-state index contributed by atoms with van der Waals surface area (Å²) in [6.07, 6.45) is 1.79. The number of ether oxygens (including phenoxy) is 1. The minimum absolute atomic E-state index is 0.0948. The molecule has 1 saturated heterocycles. The van der Waals surface area contributed by atoms with Gasteiger partial charge in [0.2, 0.25) is 0 Å². The van der Waals surface area contributed by atoms with Crippen molar-refractivity contribution in [2.24, 2.45) is 11.8 Å². The molecule has 0 bridgehead atoms. The van der Waals surface area contributed by atoms with Gasteiger partial charge in [-0.15, -0.1) is 0 Å². The fourth-order valence-electron chi connectivity index (χ4n) is 1.39. The average Bonchev–Trinajstić information content (AvgIpc) is 2.05. The second-order valence-corrected chi connectivity index (χ2v) is 3.08. The largest absolute Gasteiger partial charge is 0.481 e. The highest BCUT2D eigenvalue weighted by Crippen LogP contribution is 2.21. The first kappa shape index (κ1) is 9.19. The van der Waals surface area contributed by atoms with E-state index < -0.39 is 11.9 Å². The van der Waals surface area contributed by atoms with Crippen LogP contribution in [0.5, 0.6) is 0 Å². The number of hydrogen-bond donors (Lipinski definition) is 1. The lowest BCUT2D eigenvalue weighted by molar-refractivity contribution is -0.148. The first-order chi connectivity index (χ1) is 5.74. The van der Waals surface area contributed by atoms with Crippen LogP contribution in [0.15, 0.2) is 0 Å². The standard InChI is InChI=1S/C8H12O4/c9-2-1-6-3-7(8(10)11)5-12-4-6/h2,6-7H,1,3-5H2,(H,10,11)/t6-,7+/m1/s1. The van der Waals surface area contributed by atoms with Gasteiger partial charge in [0, 0.05) is 13.0 Å². The van der Waals surface area contributed by atoms with Crippen LogP contribution < -0.4 is 0 Å². The Morgan fingerprint density at radius 2 is 2.33 bits per heavy atom. The van der Waals surface area contributed by atoms with E-state index in [1.807, 2.05) is 0 Å². The Morgan fingerprint density at radius 1 is 1.58 bits per heavy atom. The monoisotopic (exact) mass is 172 g/mol. The highest BCUT2D eigenvalue weighted by molar-refractivity contribution is 5.70. The Morgan fingerprint density at radius 3 is 2.92 bits per heavy atom. The van der Waals surface area contributed by atoms with Crippen molar-refractivity contribution >= 4 is 12.3 Å². The highest BCUT2D eigenvalue weighted by atomic mass is 16.5. The van der Waals surface area contributed by atoms with Crippen molar-refractivity contribution in [1.82, 2.24) is 0 Å². The van der Waals surface area contributed by atoms with Gasteiger partial charge in [-0.3, -0.25) is 4.79 Å². The Bertz CT molecular complexity index is 178. The molecule has 1 aliphatic heterocycles. The van der Waals surface area contributed by atoms with Crippen molar-refractivity contribution in [3.05, 3.63) is 0 Å². The second-order valence-electron chi connectivity index (χ2n) is 3.08. The zero-order valence-corrected chi connectivity index (χ0v) is 6.73. The highest BCUT2D eigenvalue weighted by Gasteiger charge is 2.27. The molecule has 0 unspecified atom stereocenters. The Balaban J connectivity index is 2.39. The lowest BCUT2D eigenvalue weighted by atomic mass is 9.91. The van der Waals surface area contributed by atoms with Crippen LogP contribution in [0, 0.1) is 11.8 Å². The number of rotatable bonds is 3. The summed E-state index contributed by atoms with van der Waals surface area (Å²) in [5, 5.41) is 8.66. The van der Waals surface area contributed by atoms with Crippen LogP contribution >= 0.6 is 0 Å². The lowest BCUT2D eigenvalue weighted by Crippen LogP contribution is -2.30. The van der Waals surface area contributed by atoms with E-state index >= 15 is 0 Å². The first-order valence-corrected chi connectivity index (χ1v) is 3.98. The molecular formula is C8H12O4. The molecule has 4 nitrogen and oxygen atoms in total. The van der Waals surface area contributed by atoms with Crippen LogP contribution in [0.3, 0.4) is 0 Å². The predicted molar refractivity (Wildman–Crippen MR) is 40.7 cm³/mol. The number of carboxylic acids is 1. The fraction of sp³-hybridized carbons (Fsp3) is 0.750. The average molecular weight is 172 g/mol. The van der Waals surface area contributed by atoms with Crippen LogP contribution in [0.25, 0.3) is 0 Å². The van der Waals surface area contributed by atoms with E-state index in [-0.39, 0.29) is 12.5 Å². The molecule has 1 fully saturated rings. The third-order valence-electron chi connectivity index (χ3n) is 2.07. The molecule has 0 aliphatic carbocycles. The van der Waals surface area contributed by atoms with E-state index in [9.17, 15) is 9.59 Å². The lowest BCUT2D eigenvalue weighted by Gasteiger charge is -2.25. The molecule has 4 heteroatoms. The van der Waals surface area contributed by atoms with Crippen molar-refractivity contribution in [3.63, 3.8) is 0 Å². The molecule has 68 valence electrons. The van der Waals surface area contributed by atoms with Gasteiger partial charge < -0.3 is 14.6 Å². The topological polar surface area (TPSA) is 63.6 Å². The minimum Gasteiger partial charge on any atom is -0.481 e. The van der Waals surface area contributed by atoms with Gasteiger partial charge in [0.15, 0.2) is 0 Å². The number of carbonyl (C=O) groups excluding carboxylic acids is 1. The van der Waals surface area contributed by atoms with Gasteiger partial charge in [-0.05, 0) is 12.3 Å². The summed E-state index contributed by atoms with van der Waals surface area (Å²) < 4.78 is 5.07. The van der Waals surface area contributed by atoms with Gasteiger partial charge in [-0.25, -0.2) is 0 Å². The molecule has 1 rings (SSSR count). The summed E-state index contributed by atoms with van der Waals surface area (Å²) in [5.74, 6) is -1.16. The molecule has 0 aromatic rings. The summed E-state index contributed by atoms with van der Waals surface area (Å²) in [6.45, 7) is 0.799. The molecule has 1 heterocycles. The summed E-state index contributed by atoms with van der Waals surface area (Å²) in [4.78, 5) is 20.7. The van der Waals surface area contributed by atoms with Crippen LogP contribution in [-0.2, 0) is 14.3 Å². The summed E-state index contributed by atoms with van der Waals surface area (Å²) in [6, 6.07) is 0. The maximum atomic E-state index is 10.5. The van der Waals surface area contributed by atoms with E-state index in [1.54, 1.807) is 0 Å². The Kier molecular flexibility index (Phi) is 3.22. The van der Waals surface area contributed by atoms with Crippen molar-refractivity contribution in [3.8, 4) is 0 Å². The molecule has 0 saturated carbocycles. The zero-order chi connectivity index (χ0) is 8.97. The third kappa shape index (κ3) is 2.30. The quantitative estimate of drug-likeness (QED) is 0.622. The molecule has 0 radical (unpaired) electrons. The van der Waals surface area contributed by atoms with Crippen LogP contribution in [0.4, 0.5) is 0 Å². The summed E-state index contributed by atoms with van der Waals surface area (Å²) >= 11 is 0. The van der Waals surface area contributed by atoms with Crippen molar-refractivity contribution < 1.29 is 19.4 Å². The molecule has 1 aliphatic rings. The smallest absolute Gasteiger partial charge is 0.308 e. The number of aliphatic carboxylic acids is 1. The van der Waals surface area contributed by atoms with Crippen LogP contribution in [0.2, 0.25) is 0 Å². The number of carboxylic acid groups (broad SMARTS) is 1.